The average molecular weight is 358 g/mol. The van der Waals surface area contributed by atoms with Crippen molar-refractivity contribution >= 4 is 21.6 Å². The van der Waals surface area contributed by atoms with E-state index in [-0.39, 0.29) is 0 Å². The Morgan fingerprint density at radius 2 is 1.95 bits per heavy atom. The molecule has 0 fully saturated rings. The van der Waals surface area contributed by atoms with E-state index in [1.807, 2.05) is 0 Å². The van der Waals surface area contributed by atoms with E-state index < -0.39 is 0 Å². The molecule has 0 heterocycles. The van der Waals surface area contributed by atoms with E-state index in [2.05, 4.69) is 70.4 Å². The monoisotopic (exact) mass is 357 g/mol. The molecule has 1 N–H and O–H groups in total. The fraction of sp³-hybridized carbons (Fsp3) is 0.625. The van der Waals surface area contributed by atoms with E-state index in [1.165, 1.54) is 17.7 Å². The number of hydrogen-bond donors (Lipinski definition) is 1. The molecule has 1 aromatic carbocycles. The van der Waals surface area contributed by atoms with E-state index in [0.29, 0.717) is 0 Å². The number of anilines is 1. The van der Waals surface area contributed by atoms with Crippen molar-refractivity contribution in [1.29, 1.82) is 0 Å². The molecule has 120 valence electrons. The molecule has 0 bridgehead atoms. The summed E-state index contributed by atoms with van der Waals surface area (Å²) in [5.41, 5.74) is 2.53. The smallest absolute Gasteiger partial charge is 0.0587 e. The largest absolute Gasteiger partial charge is 0.383 e. The molecule has 1 aromatic rings. The summed E-state index contributed by atoms with van der Waals surface area (Å²) in [7, 11) is 8.09. The van der Waals surface area contributed by atoms with Crippen molar-refractivity contribution in [2.24, 2.45) is 0 Å². The molecule has 0 saturated carbocycles. The molecule has 0 amide bonds. The standard InChI is InChI=1S/C16H28BrN3O/c1-19(2)9-5-10-20(3)15-7-6-14(16(17)12-15)13-18-8-11-21-4/h6-7,12,18H,5,8-11,13H2,1-4H3. The van der Waals surface area contributed by atoms with Gasteiger partial charge in [-0.15, -0.1) is 0 Å². The second-order valence-corrected chi connectivity index (χ2v) is 6.38. The summed E-state index contributed by atoms with van der Waals surface area (Å²) in [4.78, 5) is 4.52. The van der Waals surface area contributed by atoms with Crippen molar-refractivity contribution in [3.8, 4) is 0 Å². The molecule has 0 aliphatic carbocycles. The van der Waals surface area contributed by atoms with Crippen LogP contribution in [0.5, 0.6) is 0 Å². The van der Waals surface area contributed by atoms with Crippen molar-refractivity contribution in [2.75, 3.05) is 59.4 Å². The van der Waals surface area contributed by atoms with Crippen molar-refractivity contribution in [3.63, 3.8) is 0 Å². The van der Waals surface area contributed by atoms with Gasteiger partial charge in [0, 0.05) is 44.0 Å². The van der Waals surface area contributed by atoms with Crippen molar-refractivity contribution in [1.82, 2.24) is 10.2 Å². The van der Waals surface area contributed by atoms with Gasteiger partial charge in [-0.2, -0.15) is 0 Å². The molecule has 0 radical (unpaired) electrons. The van der Waals surface area contributed by atoms with Gasteiger partial charge in [-0.3, -0.25) is 0 Å². The molecule has 0 saturated heterocycles. The maximum Gasteiger partial charge on any atom is 0.0587 e. The van der Waals surface area contributed by atoms with Crippen LogP contribution in [-0.2, 0) is 11.3 Å². The number of ether oxygens (including phenoxy) is 1. The van der Waals surface area contributed by atoms with E-state index >= 15 is 0 Å². The lowest BCUT2D eigenvalue weighted by Crippen LogP contribution is -2.23. The van der Waals surface area contributed by atoms with Gasteiger partial charge in [0.25, 0.3) is 0 Å². The summed E-state index contributed by atoms with van der Waals surface area (Å²) in [5, 5.41) is 3.36. The SMILES string of the molecule is COCCNCc1ccc(N(C)CCCN(C)C)cc1Br. The number of methoxy groups -OCH3 is 1. The van der Waals surface area contributed by atoms with Crippen LogP contribution < -0.4 is 10.2 Å². The number of halogens is 1. The van der Waals surface area contributed by atoms with Gasteiger partial charge in [0.05, 0.1) is 6.61 Å². The number of benzene rings is 1. The van der Waals surface area contributed by atoms with Crippen molar-refractivity contribution in [2.45, 2.75) is 13.0 Å². The lowest BCUT2D eigenvalue weighted by Gasteiger charge is -2.21. The van der Waals surface area contributed by atoms with Gasteiger partial charge in [0.15, 0.2) is 0 Å². The Bertz CT molecular complexity index is 413. The predicted molar refractivity (Wildman–Crippen MR) is 94.2 cm³/mol. The highest BCUT2D eigenvalue weighted by Crippen LogP contribution is 2.23. The molecule has 5 heteroatoms. The van der Waals surface area contributed by atoms with Gasteiger partial charge >= 0.3 is 0 Å². The molecule has 0 aliphatic rings. The number of hydrogen-bond acceptors (Lipinski definition) is 4. The molecule has 0 aromatic heterocycles. The first-order valence-electron chi connectivity index (χ1n) is 7.38. The minimum absolute atomic E-state index is 0.740. The topological polar surface area (TPSA) is 27.7 Å². The van der Waals surface area contributed by atoms with E-state index in [9.17, 15) is 0 Å². The highest BCUT2D eigenvalue weighted by Gasteiger charge is 2.05. The summed E-state index contributed by atoms with van der Waals surface area (Å²) in [6, 6.07) is 6.57. The van der Waals surface area contributed by atoms with E-state index in [4.69, 9.17) is 4.74 Å². The molecule has 0 unspecified atom stereocenters. The van der Waals surface area contributed by atoms with Crippen molar-refractivity contribution < 1.29 is 4.74 Å². The average Bonchev–Trinajstić information content (AvgIpc) is 2.44. The molecular weight excluding hydrogens is 330 g/mol. The molecule has 4 nitrogen and oxygen atoms in total. The maximum absolute atomic E-state index is 5.03. The van der Waals surface area contributed by atoms with Crippen LogP contribution in [0.3, 0.4) is 0 Å². The maximum atomic E-state index is 5.03. The first kappa shape index (κ1) is 18.4. The third-order valence-electron chi connectivity index (χ3n) is 3.37. The summed E-state index contributed by atoms with van der Waals surface area (Å²) in [6.07, 6.45) is 1.17. The summed E-state index contributed by atoms with van der Waals surface area (Å²) in [6.45, 7) is 4.65. The van der Waals surface area contributed by atoms with Crippen LogP contribution >= 0.6 is 15.9 Å². The quantitative estimate of drug-likeness (QED) is 0.651. The fourth-order valence-electron chi connectivity index (χ4n) is 2.07. The first-order chi connectivity index (χ1) is 10.0. The van der Waals surface area contributed by atoms with Gasteiger partial charge in [-0.25, -0.2) is 0 Å². The van der Waals surface area contributed by atoms with E-state index in [0.717, 1.165) is 37.3 Å². The van der Waals surface area contributed by atoms with Gasteiger partial charge in [0.1, 0.15) is 0 Å². The number of nitrogens with zero attached hydrogens (tertiary/aromatic N) is 2. The molecule has 21 heavy (non-hydrogen) atoms. The Morgan fingerprint density at radius 3 is 2.57 bits per heavy atom. The zero-order valence-corrected chi connectivity index (χ0v) is 15.2. The minimum Gasteiger partial charge on any atom is -0.383 e. The number of rotatable bonds is 10. The van der Waals surface area contributed by atoms with Gasteiger partial charge in [-0.1, -0.05) is 22.0 Å². The normalized spacial score (nSPS) is 11.1. The van der Waals surface area contributed by atoms with Gasteiger partial charge in [0.2, 0.25) is 0 Å². The lowest BCUT2D eigenvalue weighted by atomic mass is 10.2. The van der Waals surface area contributed by atoms with Crippen LogP contribution in [0.4, 0.5) is 5.69 Å². The lowest BCUT2D eigenvalue weighted by molar-refractivity contribution is 0.199. The zero-order chi connectivity index (χ0) is 15.7. The van der Waals surface area contributed by atoms with Crippen LogP contribution in [0, 0.1) is 0 Å². The highest BCUT2D eigenvalue weighted by atomic mass is 79.9. The van der Waals surface area contributed by atoms with Crippen LogP contribution in [0.1, 0.15) is 12.0 Å². The summed E-state index contributed by atoms with van der Waals surface area (Å²) in [5.74, 6) is 0. The minimum atomic E-state index is 0.740. The van der Waals surface area contributed by atoms with Crippen molar-refractivity contribution in [3.05, 3.63) is 28.2 Å². The fourth-order valence-corrected chi connectivity index (χ4v) is 2.57. The molecule has 0 atom stereocenters. The Hall–Kier alpha value is -0.620. The van der Waals surface area contributed by atoms with Gasteiger partial charge < -0.3 is 19.9 Å². The third-order valence-corrected chi connectivity index (χ3v) is 4.11. The first-order valence-corrected chi connectivity index (χ1v) is 8.18. The van der Waals surface area contributed by atoms with E-state index in [1.54, 1.807) is 7.11 Å². The summed E-state index contributed by atoms with van der Waals surface area (Å²) >= 11 is 3.67. The Morgan fingerprint density at radius 1 is 1.19 bits per heavy atom. The Labute approximate surface area is 137 Å². The van der Waals surface area contributed by atoms with Crippen LogP contribution in [0.15, 0.2) is 22.7 Å². The zero-order valence-electron chi connectivity index (χ0n) is 13.7. The summed E-state index contributed by atoms with van der Waals surface area (Å²) < 4.78 is 6.19. The van der Waals surface area contributed by atoms with Crippen LogP contribution in [0.25, 0.3) is 0 Å². The molecular formula is C16H28BrN3O. The Balaban J connectivity index is 2.48. The van der Waals surface area contributed by atoms with Crippen LogP contribution in [0.2, 0.25) is 0 Å². The van der Waals surface area contributed by atoms with Crippen LogP contribution in [-0.4, -0.2) is 59.4 Å². The second kappa shape index (κ2) is 10.2. The third kappa shape index (κ3) is 7.27. The highest BCUT2D eigenvalue weighted by molar-refractivity contribution is 9.10. The predicted octanol–water partition coefficient (Wildman–Crippen LogP) is 2.57. The molecule has 0 spiro atoms. The molecule has 0 aliphatic heterocycles. The Kier molecular flexibility index (Phi) is 8.92. The van der Waals surface area contributed by atoms with Gasteiger partial charge in [-0.05, 0) is 44.8 Å². The molecule has 1 rings (SSSR count). The second-order valence-electron chi connectivity index (χ2n) is 5.52. The number of nitrogens with one attached hydrogen (secondary N) is 1.